The number of aliphatic hydroxyl groups excluding tert-OH is 2. The van der Waals surface area contributed by atoms with Crippen LogP contribution in [-0.4, -0.2) is 70.0 Å². The highest BCUT2D eigenvalue weighted by molar-refractivity contribution is 7.91. The van der Waals surface area contributed by atoms with Crippen LogP contribution in [0.25, 0.3) is 0 Å². The fourth-order valence-electron chi connectivity index (χ4n) is 2.00. The van der Waals surface area contributed by atoms with E-state index in [-0.39, 0.29) is 11.6 Å². The van der Waals surface area contributed by atoms with Gasteiger partial charge in [-0.2, -0.15) is 0 Å². The molecule has 0 radical (unpaired) electrons. The minimum atomic E-state index is -3.29. The molecule has 0 spiro atoms. The summed E-state index contributed by atoms with van der Waals surface area (Å²) in [6.45, 7) is 6.50. The summed E-state index contributed by atoms with van der Waals surface area (Å²) in [5, 5.41) is 17.6. The molecular formula is C18H28N4O6S2. The van der Waals surface area contributed by atoms with E-state index < -0.39 is 42.4 Å². The summed E-state index contributed by atoms with van der Waals surface area (Å²) in [6, 6.07) is 0. The predicted molar refractivity (Wildman–Crippen MR) is 112 cm³/mol. The van der Waals surface area contributed by atoms with Crippen molar-refractivity contribution in [2.24, 2.45) is 0 Å². The summed E-state index contributed by atoms with van der Waals surface area (Å²) in [4.78, 5) is 15.5. The molecular weight excluding hydrogens is 432 g/mol. The number of nitrogens with zero attached hydrogens (tertiary/aromatic N) is 4. The third kappa shape index (κ3) is 7.67. The Morgan fingerprint density at radius 1 is 0.667 bits per heavy atom. The maximum atomic E-state index is 11.2. The Labute approximate surface area is 177 Å². The Kier molecular flexibility index (Phi) is 8.96. The molecule has 2 N–H and O–H groups in total. The van der Waals surface area contributed by atoms with Gasteiger partial charge in [0.1, 0.15) is 12.2 Å². The van der Waals surface area contributed by atoms with Crippen LogP contribution in [-0.2, 0) is 19.7 Å². The van der Waals surface area contributed by atoms with E-state index in [1.165, 1.54) is 13.8 Å². The lowest BCUT2D eigenvalue weighted by molar-refractivity contribution is 0.166. The van der Waals surface area contributed by atoms with Gasteiger partial charge in [-0.25, -0.2) is 36.8 Å². The normalized spacial score (nSPS) is 16.0. The molecule has 4 atom stereocenters. The lowest BCUT2D eigenvalue weighted by atomic mass is 10.2. The molecule has 0 aliphatic rings. The van der Waals surface area contributed by atoms with Crippen LogP contribution in [0.15, 0.2) is 24.8 Å². The lowest BCUT2D eigenvalue weighted by Crippen LogP contribution is -2.25. The zero-order valence-corrected chi connectivity index (χ0v) is 19.4. The number of hydrogen-bond donors (Lipinski definition) is 2. The second-order valence-corrected chi connectivity index (χ2v) is 12.0. The highest BCUT2D eigenvalue weighted by Gasteiger charge is 2.28. The number of hydrogen-bond acceptors (Lipinski definition) is 10. The summed E-state index contributed by atoms with van der Waals surface area (Å²) in [7, 11) is -6.58. The molecule has 0 fully saturated rings. The molecule has 0 aliphatic heterocycles. The van der Waals surface area contributed by atoms with Crippen LogP contribution in [0.5, 0.6) is 0 Å². The molecule has 12 heteroatoms. The Hall–Kier alpha value is -2.02. The zero-order chi connectivity index (χ0) is 23.3. The fraction of sp³-hybridized carbons (Fsp3) is 0.556. The molecule has 0 aromatic carbocycles. The molecule has 0 bridgehead atoms. The molecule has 2 aromatic heterocycles. The molecule has 2 aromatic rings. The highest BCUT2D eigenvalue weighted by atomic mass is 32.2. The number of sulfone groups is 2. The minimum Gasteiger partial charge on any atom is -0.384 e. The highest BCUT2D eigenvalue weighted by Crippen LogP contribution is 2.18. The van der Waals surface area contributed by atoms with E-state index in [9.17, 15) is 27.0 Å². The number of aryl methyl sites for hydroxylation is 2. The minimum absolute atomic E-state index is 0.138. The van der Waals surface area contributed by atoms with Crippen molar-refractivity contribution in [3.63, 3.8) is 0 Å². The first-order valence-corrected chi connectivity index (χ1v) is 12.9. The third-order valence-electron chi connectivity index (χ3n) is 4.37. The number of aromatic nitrogens is 4. The average molecular weight is 461 g/mol. The Bertz CT molecular complexity index is 940. The molecule has 2 rings (SSSR count). The van der Waals surface area contributed by atoms with Gasteiger partial charge in [0.2, 0.25) is 0 Å². The molecule has 0 amide bonds. The van der Waals surface area contributed by atoms with Gasteiger partial charge in [0.15, 0.2) is 31.3 Å². The summed E-state index contributed by atoms with van der Waals surface area (Å²) in [5.41, 5.74) is 1.72. The van der Waals surface area contributed by atoms with E-state index in [1.54, 1.807) is 24.8 Å². The van der Waals surface area contributed by atoms with Gasteiger partial charge < -0.3 is 10.2 Å². The maximum absolute atomic E-state index is 11.2. The van der Waals surface area contributed by atoms with E-state index in [4.69, 9.17) is 0 Å². The third-order valence-corrected chi connectivity index (χ3v) is 7.59. The summed E-state index contributed by atoms with van der Waals surface area (Å²) < 4.78 is 44.8. The van der Waals surface area contributed by atoms with Crippen molar-refractivity contribution in [2.75, 3.05) is 12.5 Å². The van der Waals surface area contributed by atoms with Gasteiger partial charge in [0, 0.05) is 37.3 Å². The molecule has 168 valence electrons. The van der Waals surface area contributed by atoms with Crippen molar-refractivity contribution in [3.05, 3.63) is 47.6 Å². The Morgan fingerprint density at radius 2 is 0.900 bits per heavy atom. The Balaban J connectivity index is 0.000000300. The lowest BCUT2D eigenvalue weighted by Gasteiger charge is -2.15. The van der Waals surface area contributed by atoms with Crippen molar-refractivity contribution in [3.8, 4) is 0 Å². The monoisotopic (exact) mass is 460 g/mol. The van der Waals surface area contributed by atoms with Crippen molar-refractivity contribution in [1.82, 2.24) is 19.9 Å². The van der Waals surface area contributed by atoms with Crippen LogP contribution in [0, 0.1) is 13.8 Å². The van der Waals surface area contributed by atoms with E-state index in [1.807, 2.05) is 13.8 Å². The van der Waals surface area contributed by atoms with Crippen molar-refractivity contribution < 1.29 is 27.0 Å². The largest absolute Gasteiger partial charge is 0.384 e. The summed E-state index contributed by atoms with van der Waals surface area (Å²) in [5.74, 6) is 0.275. The van der Waals surface area contributed by atoms with Gasteiger partial charge in [-0.15, -0.1) is 0 Å². The summed E-state index contributed by atoms with van der Waals surface area (Å²) >= 11 is 0. The SMILES string of the molecule is Cc1cnc([C@H](O)[C@@H](C)S(C)(=O)=O)nc1.Cc1cnc([C@H](O)[C@H](C)S(C)(=O)=O)nc1. The van der Waals surface area contributed by atoms with Crippen LogP contribution in [0.2, 0.25) is 0 Å². The van der Waals surface area contributed by atoms with E-state index in [0.29, 0.717) is 0 Å². The molecule has 10 nitrogen and oxygen atoms in total. The van der Waals surface area contributed by atoms with Crippen LogP contribution >= 0.6 is 0 Å². The molecule has 0 unspecified atom stereocenters. The quantitative estimate of drug-likeness (QED) is 0.621. The van der Waals surface area contributed by atoms with Crippen LogP contribution in [0.4, 0.5) is 0 Å². The first-order valence-electron chi connectivity index (χ1n) is 8.95. The predicted octanol–water partition coefficient (Wildman–Crippen LogP) is 0.503. The number of aliphatic hydroxyl groups is 2. The van der Waals surface area contributed by atoms with Crippen molar-refractivity contribution >= 4 is 19.7 Å². The van der Waals surface area contributed by atoms with Crippen molar-refractivity contribution in [1.29, 1.82) is 0 Å². The standard InChI is InChI=1S/2C9H14N2O3S/c2*1-6-4-10-9(11-5-6)8(12)7(2)15(3,13)14/h2*4-5,7-8,12H,1-3H3/t7-,8+;7-,8-/m01/s1. The second kappa shape index (κ2) is 10.3. The molecule has 2 heterocycles. The first-order chi connectivity index (χ1) is 13.6. The first kappa shape index (κ1) is 26.0. The Morgan fingerprint density at radius 3 is 1.10 bits per heavy atom. The van der Waals surface area contributed by atoms with E-state index in [2.05, 4.69) is 19.9 Å². The maximum Gasteiger partial charge on any atom is 0.158 e. The van der Waals surface area contributed by atoms with Gasteiger partial charge in [-0.1, -0.05) is 0 Å². The smallest absolute Gasteiger partial charge is 0.158 e. The van der Waals surface area contributed by atoms with Gasteiger partial charge in [0.25, 0.3) is 0 Å². The topological polar surface area (TPSA) is 160 Å². The van der Waals surface area contributed by atoms with Gasteiger partial charge in [-0.05, 0) is 38.8 Å². The molecule has 0 saturated heterocycles. The molecule has 0 saturated carbocycles. The molecule has 0 aliphatic carbocycles. The van der Waals surface area contributed by atoms with Crippen molar-refractivity contribution in [2.45, 2.75) is 50.4 Å². The summed E-state index contributed by atoms with van der Waals surface area (Å²) in [6.07, 6.45) is 5.97. The second-order valence-electron chi connectivity index (χ2n) is 7.20. The zero-order valence-electron chi connectivity index (χ0n) is 17.8. The van der Waals surface area contributed by atoms with Gasteiger partial charge in [0.05, 0.1) is 10.5 Å². The average Bonchev–Trinajstić information content (AvgIpc) is 2.66. The molecule has 30 heavy (non-hydrogen) atoms. The van der Waals surface area contributed by atoms with Crippen LogP contribution in [0.1, 0.15) is 48.8 Å². The van der Waals surface area contributed by atoms with E-state index >= 15 is 0 Å². The van der Waals surface area contributed by atoms with Gasteiger partial charge in [-0.3, -0.25) is 0 Å². The van der Waals surface area contributed by atoms with E-state index in [0.717, 1.165) is 23.6 Å². The van der Waals surface area contributed by atoms with Crippen LogP contribution < -0.4 is 0 Å². The van der Waals surface area contributed by atoms with Crippen LogP contribution in [0.3, 0.4) is 0 Å². The fourth-order valence-corrected chi connectivity index (χ4v) is 3.18. The number of rotatable bonds is 6. The van der Waals surface area contributed by atoms with Gasteiger partial charge >= 0.3 is 0 Å².